The Morgan fingerprint density at radius 3 is 2.39 bits per heavy atom. The summed E-state index contributed by atoms with van der Waals surface area (Å²) in [6.07, 6.45) is 4.39. The molecule has 1 saturated heterocycles. The highest BCUT2D eigenvalue weighted by molar-refractivity contribution is 6.42. The second kappa shape index (κ2) is 14.9. The highest BCUT2D eigenvalue weighted by Gasteiger charge is 2.23. The van der Waals surface area contributed by atoms with Crippen LogP contribution < -0.4 is 9.64 Å². The van der Waals surface area contributed by atoms with Gasteiger partial charge in [0.15, 0.2) is 0 Å². The van der Waals surface area contributed by atoms with Gasteiger partial charge in [-0.1, -0.05) is 64.7 Å². The molecule has 3 aromatic carbocycles. The highest BCUT2D eigenvalue weighted by Crippen LogP contribution is 2.30. The summed E-state index contributed by atoms with van der Waals surface area (Å²) in [5, 5.41) is 1.08. The van der Waals surface area contributed by atoms with Crippen LogP contribution >= 0.6 is 23.2 Å². The summed E-state index contributed by atoms with van der Waals surface area (Å²) in [4.78, 5) is 24.4. The maximum atomic E-state index is 13.4. The van der Waals surface area contributed by atoms with Crippen molar-refractivity contribution in [3.63, 3.8) is 0 Å². The maximum absolute atomic E-state index is 13.4. The van der Waals surface area contributed by atoms with Crippen LogP contribution in [0.5, 0.6) is 5.75 Å². The maximum Gasteiger partial charge on any atom is 0.253 e. The molecule has 0 radical (unpaired) electrons. The van der Waals surface area contributed by atoms with Crippen LogP contribution in [0.4, 0.5) is 5.69 Å². The number of para-hydroxylation sites is 1. The molecule has 1 atom stereocenters. The Morgan fingerprint density at radius 1 is 0.932 bits per heavy atom. The van der Waals surface area contributed by atoms with Gasteiger partial charge in [0.2, 0.25) is 0 Å². The van der Waals surface area contributed by atoms with Crippen LogP contribution in [0.25, 0.3) is 0 Å². The third-order valence-corrected chi connectivity index (χ3v) is 8.99. The van der Waals surface area contributed by atoms with Gasteiger partial charge in [-0.2, -0.15) is 0 Å². The predicted molar refractivity (Wildman–Crippen MR) is 180 cm³/mol. The van der Waals surface area contributed by atoms with Crippen LogP contribution in [0.15, 0.2) is 85.2 Å². The molecule has 5 rings (SSSR count). The lowest BCUT2D eigenvalue weighted by atomic mass is 9.94. The number of carbonyl (C=O) groups is 1. The number of hydrogen-bond acceptors (Lipinski definition) is 5. The van der Waals surface area contributed by atoms with E-state index in [1.165, 1.54) is 11.3 Å². The van der Waals surface area contributed by atoms with Gasteiger partial charge in [0, 0.05) is 68.7 Å². The molecule has 230 valence electrons. The van der Waals surface area contributed by atoms with Crippen molar-refractivity contribution in [1.82, 2.24) is 14.8 Å². The largest absolute Gasteiger partial charge is 0.487 e. The topological polar surface area (TPSA) is 48.9 Å². The van der Waals surface area contributed by atoms with Gasteiger partial charge in [-0.25, -0.2) is 0 Å². The fourth-order valence-corrected chi connectivity index (χ4v) is 6.25. The number of hydrogen-bond donors (Lipinski definition) is 0. The van der Waals surface area contributed by atoms with Crippen LogP contribution in [0.1, 0.15) is 45.0 Å². The Balaban J connectivity index is 1.21. The summed E-state index contributed by atoms with van der Waals surface area (Å²) in [7, 11) is 1.89. The SMILES string of the molecule is Cc1cc(C)cc(C(=O)N(C)C[C@@H](CCN2CCN(c3ccccc3COc3cccnc3)CC2)c2ccc(Cl)c(Cl)c2)c1. The molecule has 6 nitrogen and oxygen atoms in total. The molecule has 0 bridgehead atoms. The van der Waals surface area contributed by atoms with E-state index in [9.17, 15) is 4.79 Å². The first-order valence-corrected chi connectivity index (χ1v) is 15.9. The van der Waals surface area contributed by atoms with E-state index in [0.717, 1.165) is 67.1 Å². The van der Waals surface area contributed by atoms with Crippen LogP contribution in [-0.2, 0) is 6.61 Å². The molecule has 4 aromatic rings. The highest BCUT2D eigenvalue weighted by atomic mass is 35.5. The van der Waals surface area contributed by atoms with Crippen molar-refractivity contribution in [1.29, 1.82) is 0 Å². The van der Waals surface area contributed by atoms with Gasteiger partial charge >= 0.3 is 0 Å². The van der Waals surface area contributed by atoms with E-state index in [4.69, 9.17) is 27.9 Å². The molecule has 0 unspecified atom stereocenters. The number of pyridine rings is 1. The van der Waals surface area contributed by atoms with E-state index in [0.29, 0.717) is 23.2 Å². The number of aromatic nitrogens is 1. The summed E-state index contributed by atoms with van der Waals surface area (Å²) in [6.45, 7) is 9.87. The zero-order chi connectivity index (χ0) is 31.1. The van der Waals surface area contributed by atoms with Gasteiger partial charge in [0.05, 0.1) is 16.2 Å². The molecule has 1 aromatic heterocycles. The third kappa shape index (κ3) is 8.32. The van der Waals surface area contributed by atoms with Crippen molar-refractivity contribution in [2.24, 2.45) is 0 Å². The van der Waals surface area contributed by atoms with E-state index >= 15 is 0 Å². The number of nitrogens with zero attached hydrogens (tertiary/aromatic N) is 4. The Labute approximate surface area is 271 Å². The molecule has 0 spiro atoms. The van der Waals surface area contributed by atoms with Gasteiger partial charge in [-0.15, -0.1) is 0 Å². The molecule has 8 heteroatoms. The Kier molecular flexibility index (Phi) is 10.8. The Hall–Kier alpha value is -3.58. The van der Waals surface area contributed by atoms with Crippen molar-refractivity contribution in [2.75, 3.05) is 51.2 Å². The number of halogens is 2. The first kappa shape index (κ1) is 31.8. The number of carbonyl (C=O) groups excluding carboxylic acids is 1. The van der Waals surface area contributed by atoms with Crippen LogP contribution in [0.2, 0.25) is 10.0 Å². The molecular weight excluding hydrogens is 591 g/mol. The Bertz CT molecular complexity index is 1540. The molecule has 0 saturated carbocycles. The fourth-order valence-electron chi connectivity index (χ4n) is 5.95. The zero-order valence-corrected chi connectivity index (χ0v) is 27.2. The van der Waals surface area contributed by atoms with E-state index < -0.39 is 0 Å². The van der Waals surface area contributed by atoms with Gasteiger partial charge in [-0.05, 0) is 74.8 Å². The van der Waals surface area contributed by atoms with Crippen molar-refractivity contribution < 1.29 is 9.53 Å². The van der Waals surface area contributed by atoms with Crippen LogP contribution in [0, 0.1) is 13.8 Å². The number of benzene rings is 3. The second-order valence-corrected chi connectivity index (χ2v) is 12.5. The summed E-state index contributed by atoms with van der Waals surface area (Å²) < 4.78 is 6.01. The average molecular weight is 632 g/mol. The minimum absolute atomic E-state index is 0.0293. The zero-order valence-electron chi connectivity index (χ0n) is 25.7. The quantitative estimate of drug-likeness (QED) is 0.170. The molecular formula is C36H40Cl2N4O2. The lowest BCUT2D eigenvalue weighted by molar-refractivity contribution is 0.0782. The van der Waals surface area contributed by atoms with Crippen molar-refractivity contribution in [2.45, 2.75) is 32.8 Å². The number of anilines is 1. The Morgan fingerprint density at radius 2 is 1.68 bits per heavy atom. The molecule has 1 amide bonds. The summed E-state index contributed by atoms with van der Waals surface area (Å²) in [5.41, 5.74) is 6.38. The normalized spacial score (nSPS) is 14.3. The van der Waals surface area contributed by atoms with Crippen molar-refractivity contribution >= 4 is 34.8 Å². The number of amides is 1. The standard InChI is InChI=1S/C36H40Cl2N4O2/c1-26-19-27(2)21-31(20-26)36(43)40(3)24-29(28-10-11-33(37)34(38)22-28)12-14-41-15-17-42(18-16-41)35-9-5-4-7-30(35)25-44-32-8-6-13-39-23-32/h4-11,13,19-23,29H,12,14-18,24-25H2,1-3H3/t29-/m1/s1. The molecule has 0 aliphatic carbocycles. The van der Waals surface area contributed by atoms with Gasteiger partial charge < -0.3 is 14.5 Å². The molecule has 0 N–H and O–H groups in total. The number of ether oxygens (including phenoxy) is 1. The lowest BCUT2D eigenvalue weighted by Gasteiger charge is -2.37. The van der Waals surface area contributed by atoms with E-state index in [2.05, 4.69) is 45.1 Å². The van der Waals surface area contributed by atoms with Gasteiger partial charge in [-0.3, -0.25) is 14.7 Å². The number of piperazine rings is 1. The summed E-state index contributed by atoms with van der Waals surface area (Å²) >= 11 is 12.7. The lowest BCUT2D eigenvalue weighted by Crippen LogP contribution is -2.47. The predicted octanol–water partition coefficient (Wildman–Crippen LogP) is 7.65. The van der Waals surface area contributed by atoms with Crippen molar-refractivity contribution in [3.05, 3.63) is 123 Å². The summed E-state index contributed by atoms with van der Waals surface area (Å²) in [6, 6.07) is 24.1. The first-order chi connectivity index (χ1) is 21.3. The average Bonchev–Trinajstić information content (AvgIpc) is 3.03. The molecule has 2 heterocycles. The van der Waals surface area contributed by atoms with E-state index in [1.54, 1.807) is 12.4 Å². The van der Waals surface area contributed by atoms with Gasteiger partial charge in [0.25, 0.3) is 5.91 Å². The molecule has 1 aliphatic heterocycles. The number of aryl methyl sites for hydroxylation is 2. The van der Waals surface area contributed by atoms with Crippen LogP contribution in [-0.4, -0.2) is 67.0 Å². The first-order valence-electron chi connectivity index (χ1n) is 15.1. The molecule has 1 fully saturated rings. The molecule has 44 heavy (non-hydrogen) atoms. The molecule has 1 aliphatic rings. The monoisotopic (exact) mass is 630 g/mol. The van der Waals surface area contributed by atoms with Crippen molar-refractivity contribution in [3.8, 4) is 5.75 Å². The van der Waals surface area contributed by atoms with Crippen LogP contribution in [0.3, 0.4) is 0 Å². The minimum Gasteiger partial charge on any atom is -0.487 e. The second-order valence-electron chi connectivity index (χ2n) is 11.7. The minimum atomic E-state index is 0.0293. The number of likely N-dealkylation sites (N-methyl/N-ethyl adjacent to an activating group) is 1. The smallest absolute Gasteiger partial charge is 0.253 e. The number of rotatable bonds is 11. The van der Waals surface area contributed by atoms with E-state index in [-0.39, 0.29) is 11.8 Å². The summed E-state index contributed by atoms with van der Waals surface area (Å²) in [5.74, 6) is 0.916. The van der Waals surface area contributed by atoms with E-state index in [1.807, 2.05) is 68.3 Å². The van der Waals surface area contributed by atoms with Gasteiger partial charge in [0.1, 0.15) is 12.4 Å². The fraction of sp³-hybridized carbons (Fsp3) is 0.333. The third-order valence-electron chi connectivity index (χ3n) is 8.25.